The van der Waals surface area contributed by atoms with E-state index in [1.165, 1.54) is 12.3 Å². The van der Waals surface area contributed by atoms with E-state index in [1.807, 2.05) is 45.0 Å². The van der Waals surface area contributed by atoms with Crippen LogP contribution in [0.25, 0.3) is 5.65 Å². The predicted octanol–water partition coefficient (Wildman–Crippen LogP) is 5.41. The van der Waals surface area contributed by atoms with Gasteiger partial charge in [-0.2, -0.15) is 0 Å². The summed E-state index contributed by atoms with van der Waals surface area (Å²) in [5.74, 6) is 1.15. The molecule has 6 heteroatoms. The molecule has 0 radical (unpaired) electrons. The van der Waals surface area contributed by atoms with E-state index in [-0.39, 0.29) is 11.7 Å². The van der Waals surface area contributed by atoms with Crippen molar-refractivity contribution in [3.8, 4) is 5.75 Å². The van der Waals surface area contributed by atoms with Crippen molar-refractivity contribution in [2.75, 3.05) is 6.61 Å². The minimum atomic E-state index is -0.340. The molecule has 0 aliphatic carbocycles. The van der Waals surface area contributed by atoms with Gasteiger partial charge in [0.1, 0.15) is 17.2 Å². The summed E-state index contributed by atoms with van der Waals surface area (Å²) < 4.78 is 20.6. The van der Waals surface area contributed by atoms with E-state index < -0.39 is 0 Å². The Balaban J connectivity index is 1.98. The normalized spacial score (nSPS) is 11.7. The second-order valence-electron chi connectivity index (χ2n) is 5.68. The molecule has 0 amide bonds. The Morgan fingerprint density at radius 3 is 2.54 bits per heavy atom. The standard InChI is InChI=1S/C18H19FN4O/c1-4-24-15-8-6-14(7-9-15)21-22-18-17(12(2)3)20-16-10-5-13(19)11-23(16)18/h5-12H,4H2,1-3H3. The van der Waals surface area contributed by atoms with Crippen molar-refractivity contribution in [1.82, 2.24) is 9.38 Å². The van der Waals surface area contributed by atoms with Crippen LogP contribution in [0.15, 0.2) is 52.8 Å². The lowest BCUT2D eigenvalue weighted by molar-refractivity contribution is 0.340. The number of hydrogen-bond donors (Lipinski definition) is 0. The van der Waals surface area contributed by atoms with Gasteiger partial charge in [-0.25, -0.2) is 9.37 Å². The maximum atomic E-state index is 13.6. The van der Waals surface area contributed by atoms with Gasteiger partial charge >= 0.3 is 0 Å². The van der Waals surface area contributed by atoms with Gasteiger partial charge in [0.15, 0.2) is 5.82 Å². The summed E-state index contributed by atoms with van der Waals surface area (Å²) >= 11 is 0. The van der Waals surface area contributed by atoms with Crippen LogP contribution in [0.3, 0.4) is 0 Å². The van der Waals surface area contributed by atoms with Crippen molar-refractivity contribution in [2.24, 2.45) is 10.2 Å². The zero-order chi connectivity index (χ0) is 17.1. The molecule has 0 bridgehead atoms. The van der Waals surface area contributed by atoms with E-state index in [0.29, 0.717) is 23.8 Å². The molecule has 0 fully saturated rings. The molecule has 0 aliphatic rings. The van der Waals surface area contributed by atoms with Crippen LogP contribution in [0.1, 0.15) is 32.4 Å². The summed E-state index contributed by atoms with van der Waals surface area (Å²) in [6.07, 6.45) is 1.38. The summed E-state index contributed by atoms with van der Waals surface area (Å²) in [4.78, 5) is 4.53. The van der Waals surface area contributed by atoms with Crippen LogP contribution in [-0.2, 0) is 0 Å². The lowest BCUT2D eigenvalue weighted by atomic mass is 10.1. The van der Waals surface area contributed by atoms with Gasteiger partial charge in [-0.3, -0.25) is 4.40 Å². The molecule has 0 saturated heterocycles. The highest BCUT2D eigenvalue weighted by Crippen LogP contribution is 2.30. The van der Waals surface area contributed by atoms with Crippen LogP contribution in [0.5, 0.6) is 5.75 Å². The number of nitrogens with zero attached hydrogens (tertiary/aromatic N) is 4. The zero-order valence-electron chi connectivity index (χ0n) is 13.9. The van der Waals surface area contributed by atoms with Gasteiger partial charge in [0, 0.05) is 6.20 Å². The minimum Gasteiger partial charge on any atom is -0.494 e. The van der Waals surface area contributed by atoms with Crippen molar-refractivity contribution in [1.29, 1.82) is 0 Å². The molecule has 3 aromatic rings. The Bertz CT molecular complexity index is 869. The average Bonchev–Trinajstić information content (AvgIpc) is 2.92. The maximum Gasteiger partial charge on any atom is 0.183 e. The fourth-order valence-electron chi connectivity index (χ4n) is 2.39. The summed E-state index contributed by atoms with van der Waals surface area (Å²) in [7, 11) is 0. The number of aromatic nitrogens is 2. The summed E-state index contributed by atoms with van der Waals surface area (Å²) in [6, 6.07) is 10.4. The molecular formula is C18H19FN4O. The molecule has 2 heterocycles. The van der Waals surface area contributed by atoms with E-state index in [2.05, 4.69) is 15.2 Å². The Morgan fingerprint density at radius 1 is 1.12 bits per heavy atom. The number of benzene rings is 1. The number of rotatable bonds is 5. The van der Waals surface area contributed by atoms with Crippen molar-refractivity contribution in [3.05, 3.63) is 54.1 Å². The van der Waals surface area contributed by atoms with E-state index in [0.717, 1.165) is 11.4 Å². The van der Waals surface area contributed by atoms with Crippen LogP contribution in [0, 0.1) is 5.82 Å². The number of azo groups is 1. The first kappa shape index (κ1) is 16.1. The van der Waals surface area contributed by atoms with Gasteiger partial charge in [0.25, 0.3) is 0 Å². The van der Waals surface area contributed by atoms with Gasteiger partial charge in [0.2, 0.25) is 0 Å². The number of fused-ring (bicyclic) bond motifs is 1. The minimum absolute atomic E-state index is 0.155. The van der Waals surface area contributed by atoms with Gasteiger partial charge in [-0.1, -0.05) is 13.8 Å². The fourth-order valence-corrected chi connectivity index (χ4v) is 2.39. The molecule has 0 aliphatic heterocycles. The van der Waals surface area contributed by atoms with Crippen LogP contribution in [0.2, 0.25) is 0 Å². The van der Waals surface area contributed by atoms with Crippen molar-refractivity contribution < 1.29 is 9.13 Å². The highest BCUT2D eigenvalue weighted by atomic mass is 19.1. The van der Waals surface area contributed by atoms with Gasteiger partial charge in [-0.05, 0) is 49.2 Å². The maximum absolute atomic E-state index is 13.6. The molecule has 3 rings (SSSR count). The monoisotopic (exact) mass is 326 g/mol. The van der Waals surface area contributed by atoms with Gasteiger partial charge < -0.3 is 4.74 Å². The first-order chi connectivity index (χ1) is 11.6. The molecule has 124 valence electrons. The number of pyridine rings is 1. The van der Waals surface area contributed by atoms with Crippen molar-refractivity contribution in [3.63, 3.8) is 0 Å². The molecule has 0 unspecified atom stereocenters. The summed E-state index contributed by atoms with van der Waals surface area (Å²) in [5, 5.41) is 8.58. The molecule has 2 aromatic heterocycles. The Morgan fingerprint density at radius 2 is 1.88 bits per heavy atom. The molecule has 24 heavy (non-hydrogen) atoms. The predicted molar refractivity (Wildman–Crippen MR) is 91.0 cm³/mol. The van der Waals surface area contributed by atoms with Crippen LogP contribution >= 0.6 is 0 Å². The quantitative estimate of drug-likeness (QED) is 0.589. The second-order valence-corrected chi connectivity index (χ2v) is 5.68. The van der Waals surface area contributed by atoms with Gasteiger partial charge in [-0.15, -0.1) is 10.2 Å². The number of halogens is 1. The molecule has 5 nitrogen and oxygen atoms in total. The molecule has 0 saturated carbocycles. The third-order valence-corrected chi connectivity index (χ3v) is 3.54. The fraction of sp³-hybridized carbons (Fsp3) is 0.278. The lowest BCUT2D eigenvalue weighted by Gasteiger charge is -2.03. The Labute approximate surface area is 139 Å². The average molecular weight is 326 g/mol. The van der Waals surface area contributed by atoms with E-state index in [9.17, 15) is 4.39 Å². The number of ether oxygens (including phenoxy) is 1. The highest BCUT2D eigenvalue weighted by Gasteiger charge is 2.15. The van der Waals surface area contributed by atoms with Crippen LogP contribution in [0.4, 0.5) is 15.9 Å². The van der Waals surface area contributed by atoms with Crippen molar-refractivity contribution >= 4 is 17.2 Å². The molecule has 0 spiro atoms. The topological polar surface area (TPSA) is 51.2 Å². The summed E-state index contributed by atoms with van der Waals surface area (Å²) in [5.41, 5.74) is 2.13. The third kappa shape index (κ3) is 3.27. The molecule has 1 aromatic carbocycles. The van der Waals surface area contributed by atoms with E-state index in [4.69, 9.17) is 4.74 Å². The summed E-state index contributed by atoms with van der Waals surface area (Å²) in [6.45, 7) is 6.60. The first-order valence-corrected chi connectivity index (χ1v) is 7.90. The Hall–Kier alpha value is -2.76. The SMILES string of the molecule is CCOc1ccc(N=Nc2c(C(C)C)nc3ccc(F)cn23)cc1. The largest absolute Gasteiger partial charge is 0.494 e. The highest BCUT2D eigenvalue weighted by molar-refractivity contribution is 5.53. The zero-order valence-corrected chi connectivity index (χ0v) is 13.9. The second kappa shape index (κ2) is 6.78. The number of imidazole rings is 1. The van der Waals surface area contributed by atoms with Crippen LogP contribution in [-0.4, -0.2) is 16.0 Å². The molecule has 0 N–H and O–H groups in total. The van der Waals surface area contributed by atoms with Crippen LogP contribution < -0.4 is 4.74 Å². The first-order valence-electron chi connectivity index (χ1n) is 7.90. The van der Waals surface area contributed by atoms with E-state index >= 15 is 0 Å². The molecular weight excluding hydrogens is 307 g/mol. The third-order valence-electron chi connectivity index (χ3n) is 3.54. The van der Waals surface area contributed by atoms with E-state index in [1.54, 1.807) is 10.5 Å². The Kier molecular flexibility index (Phi) is 4.55. The van der Waals surface area contributed by atoms with Gasteiger partial charge in [0.05, 0.1) is 18.0 Å². The molecule has 0 atom stereocenters. The lowest BCUT2D eigenvalue weighted by Crippen LogP contribution is -1.89. The van der Waals surface area contributed by atoms with Crippen molar-refractivity contribution in [2.45, 2.75) is 26.7 Å². The smallest absolute Gasteiger partial charge is 0.183 e. The number of hydrogen-bond acceptors (Lipinski definition) is 4.